The third-order valence-electron chi connectivity index (χ3n) is 6.35. The zero-order valence-corrected chi connectivity index (χ0v) is 20.7. The quantitative estimate of drug-likeness (QED) is 0.376. The van der Waals surface area contributed by atoms with Crippen molar-refractivity contribution < 1.29 is 36.6 Å². The number of alkyl halides is 5. The third kappa shape index (κ3) is 7.16. The summed E-state index contributed by atoms with van der Waals surface area (Å²) in [5, 5.41) is 11.9. The number of nitrogens with one attached hydrogen (secondary N) is 1. The lowest BCUT2D eigenvalue weighted by Crippen LogP contribution is -2.45. The molecule has 1 aromatic carbocycles. The summed E-state index contributed by atoms with van der Waals surface area (Å²) < 4.78 is 70.0. The minimum atomic E-state index is -4.69. The normalized spacial score (nSPS) is 16.5. The second-order valence-electron chi connectivity index (χ2n) is 9.37. The number of hydrogen-bond acceptors (Lipinski definition) is 5. The summed E-state index contributed by atoms with van der Waals surface area (Å²) in [6, 6.07) is 7.05. The molecule has 1 fully saturated rings. The van der Waals surface area contributed by atoms with Crippen LogP contribution >= 0.6 is 0 Å². The van der Waals surface area contributed by atoms with Gasteiger partial charge in [-0.1, -0.05) is 12.1 Å². The number of benzene rings is 1. The Morgan fingerprint density at radius 1 is 1.15 bits per heavy atom. The van der Waals surface area contributed by atoms with E-state index >= 15 is 0 Å². The monoisotopic (exact) mass is 551 g/mol. The minimum Gasteiger partial charge on any atom is -0.481 e. The predicted octanol–water partition coefficient (Wildman–Crippen LogP) is 4.65. The number of likely N-dealkylation sites (tertiary alicyclic amines) is 1. The van der Waals surface area contributed by atoms with Crippen LogP contribution in [0.2, 0.25) is 0 Å². The molecule has 0 saturated carbocycles. The van der Waals surface area contributed by atoms with Crippen molar-refractivity contribution in [1.82, 2.24) is 24.8 Å². The van der Waals surface area contributed by atoms with Crippen LogP contribution in [0.25, 0.3) is 17.1 Å². The smallest absolute Gasteiger partial charge is 0.418 e. The lowest BCUT2D eigenvalue weighted by Gasteiger charge is -2.33. The molecule has 1 atom stereocenters. The van der Waals surface area contributed by atoms with Gasteiger partial charge in [-0.3, -0.25) is 24.0 Å². The standard InChI is InChI=1S/C26H26F5N5O3/c27-25(28)9-4-11-35(16-25)12-8-18(13-22(37)38)33-24(39)20-15-36(23(34-20)17-5-3-10-32-14-17)21-7-2-1-6-19(21)26(29,30)31/h1-3,5-7,10,14-15,18H,4,8-9,11-13,16H2,(H,33,39)(H,37,38)/t18-/m0/s1. The molecule has 1 saturated heterocycles. The molecule has 39 heavy (non-hydrogen) atoms. The number of rotatable bonds is 9. The van der Waals surface area contributed by atoms with Gasteiger partial charge in [0.15, 0.2) is 0 Å². The van der Waals surface area contributed by atoms with Crippen LogP contribution in [0.4, 0.5) is 22.0 Å². The van der Waals surface area contributed by atoms with Crippen LogP contribution in [0.15, 0.2) is 55.0 Å². The fourth-order valence-corrected chi connectivity index (χ4v) is 4.57. The second kappa shape index (κ2) is 11.5. The second-order valence-corrected chi connectivity index (χ2v) is 9.37. The van der Waals surface area contributed by atoms with Crippen molar-refractivity contribution in [1.29, 1.82) is 0 Å². The molecule has 1 aliphatic rings. The Labute approximate surface area is 220 Å². The van der Waals surface area contributed by atoms with Crippen LogP contribution in [0.3, 0.4) is 0 Å². The maximum atomic E-state index is 13.8. The topological polar surface area (TPSA) is 100 Å². The molecular weight excluding hydrogens is 525 g/mol. The van der Waals surface area contributed by atoms with Crippen LogP contribution in [0, 0.1) is 0 Å². The molecule has 2 N–H and O–H groups in total. The maximum absolute atomic E-state index is 13.8. The number of piperidine rings is 1. The van der Waals surface area contributed by atoms with Crippen LogP contribution < -0.4 is 5.32 Å². The number of nitrogens with zero attached hydrogens (tertiary/aromatic N) is 4. The third-order valence-corrected chi connectivity index (χ3v) is 6.35. The molecule has 0 unspecified atom stereocenters. The van der Waals surface area contributed by atoms with E-state index in [1.807, 2.05) is 0 Å². The van der Waals surface area contributed by atoms with Crippen LogP contribution in [0.1, 0.15) is 41.7 Å². The van der Waals surface area contributed by atoms with Crippen molar-refractivity contribution >= 4 is 11.9 Å². The number of carboxylic acid groups (broad SMARTS) is 1. The van der Waals surface area contributed by atoms with Gasteiger partial charge in [0.2, 0.25) is 0 Å². The van der Waals surface area contributed by atoms with Gasteiger partial charge in [-0.05, 0) is 43.7 Å². The van der Waals surface area contributed by atoms with Crippen LogP contribution in [0.5, 0.6) is 0 Å². The number of hydrogen-bond donors (Lipinski definition) is 2. The molecular formula is C26H26F5N5O3. The van der Waals surface area contributed by atoms with Crippen molar-refractivity contribution in [2.75, 3.05) is 19.6 Å². The molecule has 8 nitrogen and oxygen atoms in total. The molecule has 2 aromatic heterocycles. The van der Waals surface area contributed by atoms with E-state index in [0.29, 0.717) is 18.5 Å². The summed E-state index contributed by atoms with van der Waals surface area (Å²) in [6.45, 7) is 0.126. The first-order chi connectivity index (χ1) is 18.4. The highest BCUT2D eigenvalue weighted by Crippen LogP contribution is 2.35. The van der Waals surface area contributed by atoms with Gasteiger partial charge in [0.25, 0.3) is 11.8 Å². The summed E-state index contributed by atoms with van der Waals surface area (Å²) >= 11 is 0. The number of aliphatic carboxylic acids is 1. The molecule has 0 spiro atoms. The number of para-hydroxylation sites is 1. The Kier molecular flexibility index (Phi) is 8.28. The molecule has 208 valence electrons. The highest BCUT2D eigenvalue weighted by Gasteiger charge is 2.36. The fourth-order valence-electron chi connectivity index (χ4n) is 4.57. The number of halogens is 5. The summed E-state index contributed by atoms with van der Waals surface area (Å²) in [5.41, 5.74) is -1.10. The van der Waals surface area contributed by atoms with Crippen LogP contribution in [-0.2, 0) is 11.0 Å². The van der Waals surface area contributed by atoms with Crippen molar-refractivity contribution in [2.24, 2.45) is 0 Å². The maximum Gasteiger partial charge on any atom is 0.418 e. The van der Waals surface area contributed by atoms with E-state index in [4.69, 9.17) is 0 Å². The van der Waals surface area contributed by atoms with Gasteiger partial charge in [0, 0.05) is 43.2 Å². The van der Waals surface area contributed by atoms with E-state index in [1.54, 1.807) is 12.1 Å². The van der Waals surface area contributed by atoms with Gasteiger partial charge in [-0.15, -0.1) is 0 Å². The van der Waals surface area contributed by atoms with Gasteiger partial charge < -0.3 is 10.4 Å². The molecule has 0 bridgehead atoms. The Balaban J connectivity index is 1.62. The Morgan fingerprint density at radius 3 is 2.59 bits per heavy atom. The molecule has 1 amide bonds. The first-order valence-electron chi connectivity index (χ1n) is 12.2. The number of carbonyl (C=O) groups is 2. The van der Waals surface area contributed by atoms with Gasteiger partial charge in [-0.25, -0.2) is 13.8 Å². The highest BCUT2D eigenvalue weighted by atomic mass is 19.4. The zero-order chi connectivity index (χ0) is 28.2. The number of carboxylic acids is 1. The summed E-state index contributed by atoms with van der Waals surface area (Å²) in [5.74, 6) is -4.81. The van der Waals surface area contributed by atoms with E-state index in [2.05, 4.69) is 15.3 Å². The lowest BCUT2D eigenvalue weighted by molar-refractivity contribution is -0.138. The first-order valence-corrected chi connectivity index (χ1v) is 12.2. The Morgan fingerprint density at radius 2 is 1.92 bits per heavy atom. The van der Waals surface area contributed by atoms with Gasteiger partial charge in [-0.2, -0.15) is 13.2 Å². The summed E-state index contributed by atoms with van der Waals surface area (Å²) in [4.78, 5) is 34.3. The largest absolute Gasteiger partial charge is 0.481 e. The van der Waals surface area contributed by atoms with Gasteiger partial charge >= 0.3 is 12.1 Å². The Bertz CT molecular complexity index is 1310. The molecule has 1 aliphatic heterocycles. The lowest BCUT2D eigenvalue weighted by atomic mass is 10.1. The number of amides is 1. The van der Waals surface area contributed by atoms with E-state index in [-0.39, 0.29) is 36.6 Å². The molecule has 4 rings (SSSR count). The molecule has 13 heteroatoms. The van der Waals surface area contributed by atoms with Crippen molar-refractivity contribution in [3.8, 4) is 17.1 Å². The molecule has 0 aliphatic carbocycles. The van der Waals surface area contributed by atoms with Crippen LogP contribution in [-0.4, -0.2) is 68.0 Å². The number of aromatic nitrogens is 3. The minimum absolute atomic E-state index is 0.0234. The predicted molar refractivity (Wildman–Crippen MR) is 131 cm³/mol. The fraction of sp³-hybridized carbons (Fsp3) is 0.385. The van der Waals surface area contributed by atoms with E-state index in [9.17, 15) is 36.6 Å². The SMILES string of the molecule is O=C(O)C[C@H](CCN1CCCC(F)(F)C1)NC(=O)c1cn(-c2ccccc2C(F)(F)F)c(-c2cccnc2)n1. The van der Waals surface area contributed by atoms with E-state index < -0.39 is 48.5 Å². The van der Waals surface area contributed by atoms with Crippen molar-refractivity contribution in [3.05, 3.63) is 66.2 Å². The average molecular weight is 552 g/mol. The summed E-state index contributed by atoms with van der Waals surface area (Å²) in [7, 11) is 0. The number of carbonyl (C=O) groups excluding carboxylic acids is 1. The van der Waals surface area contributed by atoms with Crippen molar-refractivity contribution in [3.63, 3.8) is 0 Å². The van der Waals surface area contributed by atoms with E-state index in [1.165, 1.54) is 35.5 Å². The van der Waals surface area contributed by atoms with E-state index in [0.717, 1.165) is 16.8 Å². The summed E-state index contributed by atoms with van der Waals surface area (Å²) in [6.07, 6.45) is -0.973. The van der Waals surface area contributed by atoms with Crippen molar-refractivity contribution in [2.45, 2.75) is 43.8 Å². The molecule has 3 heterocycles. The highest BCUT2D eigenvalue weighted by molar-refractivity contribution is 5.93. The van der Waals surface area contributed by atoms with Gasteiger partial charge in [0.05, 0.1) is 24.2 Å². The molecule has 3 aromatic rings. The first kappa shape index (κ1) is 28.1. The van der Waals surface area contributed by atoms with Gasteiger partial charge in [0.1, 0.15) is 11.5 Å². The number of pyridine rings is 1. The average Bonchev–Trinajstić information content (AvgIpc) is 3.32. The Hall–Kier alpha value is -3.87. The molecule has 0 radical (unpaired) electrons. The number of imidazole rings is 1. The zero-order valence-electron chi connectivity index (χ0n) is 20.7.